The van der Waals surface area contributed by atoms with Gasteiger partial charge in [-0.3, -0.25) is 0 Å². The first-order valence-corrected chi connectivity index (χ1v) is 4.85. The highest BCUT2D eigenvalue weighted by Gasteiger charge is 2.37. The molecule has 0 aliphatic heterocycles. The molecule has 11 heavy (non-hydrogen) atoms. The van der Waals surface area contributed by atoms with Crippen LogP contribution in [0.25, 0.3) is 0 Å². The van der Waals surface area contributed by atoms with Crippen LogP contribution in [-0.2, 0) is 0 Å². The van der Waals surface area contributed by atoms with Crippen molar-refractivity contribution < 1.29 is 4.39 Å². The molecule has 2 aliphatic carbocycles. The van der Waals surface area contributed by atoms with Gasteiger partial charge < -0.3 is 0 Å². The van der Waals surface area contributed by atoms with Crippen LogP contribution in [0.4, 0.5) is 4.39 Å². The van der Waals surface area contributed by atoms with Gasteiger partial charge in [0.15, 0.2) is 0 Å². The zero-order valence-electron chi connectivity index (χ0n) is 7.28. The van der Waals surface area contributed by atoms with Crippen LogP contribution in [0.5, 0.6) is 0 Å². The van der Waals surface area contributed by atoms with Crippen LogP contribution in [-0.4, -0.2) is 5.67 Å². The SMILES string of the molecule is C[C@@]1(F)CC[C@@H](CC2CC2)C1. The van der Waals surface area contributed by atoms with Crippen molar-refractivity contribution in [3.63, 3.8) is 0 Å². The summed E-state index contributed by atoms with van der Waals surface area (Å²) in [5.74, 6) is 1.70. The van der Waals surface area contributed by atoms with E-state index in [1.54, 1.807) is 6.92 Å². The summed E-state index contributed by atoms with van der Waals surface area (Å²) in [6, 6.07) is 0. The molecule has 64 valence electrons. The van der Waals surface area contributed by atoms with Gasteiger partial charge in [-0.05, 0) is 44.4 Å². The summed E-state index contributed by atoms with van der Waals surface area (Å²) in [6.45, 7) is 1.76. The summed E-state index contributed by atoms with van der Waals surface area (Å²) in [5, 5.41) is 0. The van der Waals surface area contributed by atoms with E-state index in [0.717, 1.165) is 31.1 Å². The van der Waals surface area contributed by atoms with Gasteiger partial charge in [0.25, 0.3) is 0 Å². The van der Waals surface area contributed by atoms with Crippen LogP contribution < -0.4 is 0 Å². The quantitative estimate of drug-likeness (QED) is 0.575. The Balaban J connectivity index is 1.79. The summed E-state index contributed by atoms with van der Waals surface area (Å²) in [4.78, 5) is 0. The Kier molecular flexibility index (Phi) is 1.70. The van der Waals surface area contributed by atoms with Crippen molar-refractivity contribution in [2.75, 3.05) is 0 Å². The van der Waals surface area contributed by atoms with Gasteiger partial charge in [0.2, 0.25) is 0 Å². The Morgan fingerprint density at radius 1 is 1.27 bits per heavy atom. The van der Waals surface area contributed by atoms with Gasteiger partial charge in [0.1, 0.15) is 5.67 Å². The topological polar surface area (TPSA) is 0 Å². The number of hydrogen-bond acceptors (Lipinski definition) is 0. The Bertz CT molecular complexity index is 147. The molecule has 0 aromatic carbocycles. The Labute approximate surface area is 68.2 Å². The third-order valence-electron chi connectivity index (χ3n) is 3.15. The van der Waals surface area contributed by atoms with Crippen LogP contribution in [0.15, 0.2) is 0 Å². The fraction of sp³-hybridized carbons (Fsp3) is 1.00. The van der Waals surface area contributed by atoms with Gasteiger partial charge in [0, 0.05) is 0 Å². The lowest BCUT2D eigenvalue weighted by molar-refractivity contribution is 0.190. The molecule has 2 saturated carbocycles. The molecule has 2 rings (SSSR count). The van der Waals surface area contributed by atoms with Crippen molar-refractivity contribution in [1.29, 1.82) is 0 Å². The second-order valence-electron chi connectivity index (χ2n) is 4.70. The van der Waals surface area contributed by atoms with E-state index in [1.807, 2.05) is 0 Å². The minimum atomic E-state index is -0.820. The normalized spacial score (nSPS) is 44.7. The number of hydrogen-bond donors (Lipinski definition) is 0. The summed E-state index contributed by atoms with van der Waals surface area (Å²) in [7, 11) is 0. The van der Waals surface area contributed by atoms with E-state index in [-0.39, 0.29) is 0 Å². The lowest BCUT2D eigenvalue weighted by Gasteiger charge is -2.12. The average molecular weight is 156 g/mol. The molecular weight excluding hydrogens is 139 g/mol. The molecule has 0 aromatic heterocycles. The molecule has 2 fully saturated rings. The molecule has 0 N–H and O–H groups in total. The fourth-order valence-corrected chi connectivity index (χ4v) is 2.34. The Morgan fingerprint density at radius 2 is 2.00 bits per heavy atom. The molecule has 2 atom stereocenters. The Morgan fingerprint density at radius 3 is 2.45 bits per heavy atom. The second-order valence-corrected chi connectivity index (χ2v) is 4.70. The highest BCUT2D eigenvalue weighted by Crippen LogP contribution is 2.44. The van der Waals surface area contributed by atoms with Crippen molar-refractivity contribution in [1.82, 2.24) is 0 Å². The van der Waals surface area contributed by atoms with Gasteiger partial charge >= 0.3 is 0 Å². The number of halogens is 1. The third-order valence-corrected chi connectivity index (χ3v) is 3.15. The molecule has 0 bridgehead atoms. The van der Waals surface area contributed by atoms with E-state index >= 15 is 0 Å². The zero-order chi connectivity index (χ0) is 7.90. The van der Waals surface area contributed by atoms with Crippen molar-refractivity contribution >= 4 is 0 Å². The summed E-state index contributed by atoms with van der Waals surface area (Å²) >= 11 is 0. The van der Waals surface area contributed by atoms with Crippen molar-refractivity contribution in [3.05, 3.63) is 0 Å². The largest absolute Gasteiger partial charge is 0.244 e. The van der Waals surface area contributed by atoms with Crippen LogP contribution in [0.1, 0.15) is 45.4 Å². The van der Waals surface area contributed by atoms with E-state index < -0.39 is 5.67 Å². The Hall–Kier alpha value is -0.0700. The lowest BCUT2D eigenvalue weighted by atomic mass is 9.99. The van der Waals surface area contributed by atoms with Gasteiger partial charge in [0.05, 0.1) is 0 Å². The van der Waals surface area contributed by atoms with Crippen molar-refractivity contribution in [2.45, 2.75) is 51.1 Å². The van der Waals surface area contributed by atoms with E-state index in [0.29, 0.717) is 0 Å². The maximum atomic E-state index is 13.3. The van der Waals surface area contributed by atoms with Crippen molar-refractivity contribution in [2.24, 2.45) is 11.8 Å². The standard InChI is InChI=1S/C10H17F/c1-10(11)5-4-9(7-10)6-8-2-3-8/h8-9H,2-7H2,1H3/t9-,10+/m0/s1. The lowest BCUT2D eigenvalue weighted by Crippen LogP contribution is -2.11. The molecular formula is C10H17F. The summed E-state index contributed by atoms with van der Waals surface area (Å²) < 4.78 is 13.3. The molecule has 0 aromatic rings. The van der Waals surface area contributed by atoms with Gasteiger partial charge in [-0.25, -0.2) is 4.39 Å². The number of rotatable bonds is 2. The van der Waals surface area contributed by atoms with E-state index in [4.69, 9.17) is 0 Å². The second kappa shape index (κ2) is 2.46. The molecule has 0 spiro atoms. The predicted molar refractivity (Wildman–Crippen MR) is 44.2 cm³/mol. The van der Waals surface area contributed by atoms with Crippen LogP contribution in [0.3, 0.4) is 0 Å². The molecule has 0 saturated heterocycles. The highest BCUT2D eigenvalue weighted by atomic mass is 19.1. The molecule has 0 radical (unpaired) electrons. The summed E-state index contributed by atoms with van der Waals surface area (Å²) in [6.07, 6.45) is 6.94. The molecule has 0 heterocycles. The van der Waals surface area contributed by atoms with E-state index in [2.05, 4.69) is 0 Å². The van der Waals surface area contributed by atoms with Gasteiger partial charge in [-0.15, -0.1) is 0 Å². The van der Waals surface area contributed by atoms with Crippen LogP contribution in [0, 0.1) is 11.8 Å². The fourth-order valence-electron chi connectivity index (χ4n) is 2.34. The molecule has 2 aliphatic rings. The number of alkyl halides is 1. The van der Waals surface area contributed by atoms with E-state index in [1.165, 1.54) is 19.3 Å². The molecule has 1 heteroatoms. The maximum Gasteiger partial charge on any atom is 0.108 e. The monoisotopic (exact) mass is 156 g/mol. The first-order chi connectivity index (χ1) is 5.16. The van der Waals surface area contributed by atoms with Crippen molar-refractivity contribution in [3.8, 4) is 0 Å². The van der Waals surface area contributed by atoms with Gasteiger partial charge in [-0.2, -0.15) is 0 Å². The highest BCUT2D eigenvalue weighted by molar-refractivity contribution is 4.88. The molecule has 0 nitrogen and oxygen atoms in total. The van der Waals surface area contributed by atoms with Crippen LogP contribution >= 0.6 is 0 Å². The summed E-state index contributed by atoms with van der Waals surface area (Å²) in [5.41, 5.74) is -0.820. The smallest absolute Gasteiger partial charge is 0.108 e. The minimum absolute atomic E-state index is 0.720. The molecule has 0 amide bonds. The van der Waals surface area contributed by atoms with E-state index in [9.17, 15) is 4.39 Å². The maximum absolute atomic E-state index is 13.3. The first kappa shape index (κ1) is 7.57. The third kappa shape index (κ3) is 1.94. The average Bonchev–Trinajstić information content (AvgIpc) is 2.61. The minimum Gasteiger partial charge on any atom is -0.244 e. The van der Waals surface area contributed by atoms with Gasteiger partial charge in [-0.1, -0.05) is 12.8 Å². The zero-order valence-corrected chi connectivity index (χ0v) is 7.28. The predicted octanol–water partition coefficient (Wildman–Crippen LogP) is 3.31. The molecule has 0 unspecified atom stereocenters. The van der Waals surface area contributed by atoms with Crippen LogP contribution in [0.2, 0.25) is 0 Å². The first-order valence-electron chi connectivity index (χ1n) is 4.85.